The second-order valence-corrected chi connectivity index (χ2v) is 9.52. The Morgan fingerprint density at radius 1 is 1.36 bits per heavy atom. The van der Waals surface area contributed by atoms with Gasteiger partial charge in [-0.05, 0) is 23.7 Å². The maximum absolute atomic E-state index is 13.4. The molecular formula is C12H17FSi. The third-order valence-corrected chi connectivity index (χ3v) is 5.06. The molecule has 76 valence electrons. The zero-order valence-electron chi connectivity index (χ0n) is 8.89. The highest BCUT2D eigenvalue weighted by molar-refractivity contribution is 6.77. The lowest BCUT2D eigenvalue weighted by Gasteiger charge is -2.20. The van der Waals surface area contributed by atoms with Crippen LogP contribution >= 0.6 is 0 Å². The molecule has 0 aliphatic carbocycles. The molecule has 0 bridgehead atoms. The molecule has 0 saturated carbocycles. The molecule has 0 fully saturated rings. The van der Waals surface area contributed by atoms with E-state index in [-0.39, 0.29) is 5.82 Å². The Morgan fingerprint density at radius 3 is 2.57 bits per heavy atom. The van der Waals surface area contributed by atoms with Gasteiger partial charge in [0.1, 0.15) is 5.82 Å². The van der Waals surface area contributed by atoms with Gasteiger partial charge in [0.05, 0.1) is 8.07 Å². The molecule has 0 N–H and O–H groups in total. The molecule has 1 rings (SSSR count). The predicted molar refractivity (Wildman–Crippen MR) is 62.6 cm³/mol. The van der Waals surface area contributed by atoms with Crippen LogP contribution in [0.25, 0.3) is 0 Å². The molecule has 0 amide bonds. The SMILES string of the molecule is C=CC[Si](C)(C)Cc1ccccc1F. The highest BCUT2D eigenvalue weighted by atomic mass is 28.3. The first kappa shape index (κ1) is 11.2. The van der Waals surface area contributed by atoms with Crippen LogP contribution < -0.4 is 0 Å². The summed E-state index contributed by atoms with van der Waals surface area (Å²) in [6.45, 7) is 8.28. The summed E-state index contributed by atoms with van der Waals surface area (Å²) in [7, 11) is -1.33. The molecule has 1 aromatic rings. The molecule has 0 atom stereocenters. The largest absolute Gasteiger partial charge is 0.207 e. The molecule has 0 aliphatic rings. The molecular weight excluding hydrogens is 191 g/mol. The van der Waals surface area contributed by atoms with Gasteiger partial charge in [-0.2, -0.15) is 0 Å². The Balaban J connectivity index is 2.78. The van der Waals surface area contributed by atoms with Crippen molar-refractivity contribution in [3.05, 3.63) is 48.3 Å². The molecule has 0 aliphatic heterocycles. The monoisotopic (exact) mass is 208 g/mol. The molecule has 2 heteroatoms. The molecule has 1 aromatic carbocycles. The minimum atomic E-state index is -1.33. The van der Waals surface area contributed by atoms with Crippen molar-refractivity contribution in [1.29, 1.82) is 0 Å². The van der Waals surface area contributed by atoms with E-state index in [0.717, 1.165) is 17.7 Å². The van der Waals surface area contributed by atoms with Crippen LogP contribution in [0.3, 0.4) is 0 Å². The van der Waals surface area contributed by atoms with Crippen molar-refractivity contribution in [2.24, 2.45) is 0 Å². The van der Waals surface area contributed by atoms with E-state index >= 15 is 0 Å². The first-order chi connectivity index (χ1) is 6.55. The van der Waals surface area contributed by atoms with E-state index in [4.69, 9.17) is 0 Å². The van der Waals surface area contributed by atoms with Gasteiger partial charge in [0, 0.05) is 0 Å². The first-order valence-electron chi connectivity index (χ1n) is 4.89. The maximum atomic E-state index is 13.4. The van der Waals surface area contributed by atoms with Crippen LogP contribution in [-0.2, 0) is 6.04 Å². The number of hydrogen-bond acceptors (Lipinski definition) is 0. The molecule has 0 heterocycles. The summed E-state index contributed by atoms with van der Waals surface area (Å²) >= 11 is 0. The van der Waals surface area contributed by atoms with Gasteiger partial charge in [0.25, 0.3) is 0 Å². The van der Waals surface area contributed by atoms with E-state index in [1.807, 2.05) is 18.2 Å². The fraction of sp³-hybridized carbons (Fsp3) is 0.333. The third kappa shape index (κ3) is 3.11. The maximum Gasteiger partial charge on any atom is 0.126 e. The van der Waals surface area contributed by atoms with Crippen LogP contribution in [0, 0.1) is 5.82 Å². The minimum Gasteiger partial charge on any atom is -0.207 e. The summed E-state index contributed by atoms with van der Waals surface area (Å²) in [6, 6.07) is 8.99. The summed E-state index contributed by atoms with van der Waals surface area (Å²) in [6.07, 6.45) is 1.95. The van der Waals surface area contributed by atoms with Crippen molar-refractivity contribution < 1.29 is 4.39 Å². The Morgan fingerprint density at radius 2 is 2.00 bits per heavy atom. The van der Waals surface area contributed by atoms with E-state index < -0.39 is 8.07 Å². The van der Waals surface area contributed by atoms with E-state index in [0.29, 0.717) is 0 Å². The van der Waals surface area contributed by atoms with Crippen LogP contribution in [0.4, 0.5) is 4.39 Å². The van der Waals surface area contributed by atoms with E-state index in [9.17, 15) is 4.39 Å². The fourth-order valence-electron chi connectivity index (χ4n) is 1.62. The summed E-state index contributed by atoms with van der Waals surface area (Å²) in [5.41, 5.74) is 0.853. The Hall–Kier alpha value is -0.893. The molecule has 14 heavy (non-hydrogen) atoms. The van der Waals surface area contributed by atoms with Gasteiger partial charge in [0.2, 0.25) is 0 Å². The van der Waals surface area contributed by atoms with Gasteiger partial charge < -0.3 is 0 Å². The Labute approximate surface area is 86.5 Å². The molecule has 0 radical (unpaired) electrons. The second-order valence-electron chi connectivity index (χ2n) is 4.43. The van der Waals surface area contributed by atoms with Crippen LogP contribution in [0.1, 0.15) is 5.56 Å². The van der Waals surface area contributed by atoms with Crippen LogP contribution in [-0.4, -0.2) is 8.07 Å². The normalized spacial score (nSPS) is 11.4. The molecule has 0 nitrogen and oxygen atoms in total. The Bertz CT molecular complexity index is 318. The number of rotatable bonds is 4. The van der Waals surface area contributed by atoms with E-state index in [1.165, 1.54) is 6.07 Å². The van der Waals surface area contributed by atoms with Crippen LogP contribution in [0.15, 0.2) is 36.9 Å². The highest BCUT2D eigenvalue weighted by Gasteiger charge is 2.20. The summed E-state index contributed by atoms with van der Waals surface area (Å²) in [5.74, 6) is -0.0721. The number of benzene rings is 1. The van der Waals surface area contributed by atoms with Crippen molar-refractivity contribution in [1.82, 2.24) is 0 Å². The zero-order valence-corrected chi connectivity index (χ0v) is 9.89. The van der Waals surface area contributed by atoms with Gasteiger partial charge in [-0.15, -0.1) is 6.58 Å². The predicted octanol–water partition coefficient (Wildman–Crippen LogP) is 3.80. The minimum absolute atomic E-state index is 0.0721. The smallest absolute Gasteiger partial charge is 0.126 e. The van der Waals surface area contributed by atoms with Gasteiger partial charge in [-0.1, -0.05) is 37.4 Å². The van der Waals surface area contributed by atoms with Crippen LogP contribution in [0.5, 0.6) is 0 Å². The summed E-state index contributed by atoms with van der Waals surface area (Å²) in [4.78, 5) is 0. The van der Waals surface area contributed by atoms with Crippen molar-refractivity contribution >= 4 is 8.07 Å². The van der Waals surface area contributed by atoms with Crippen molar-refractivity contribution in [2.45, 2.75) is 25.2 Å². The van der Waals surface area contributed by atoms with E-state index in [2.05, 4.69) is 19.7 Å². The number of halogens is 1. The number of allylic oxidation sites excluding steroid dienone is 1. The third-order valence-electron chi connectivity index (χ3n) is 2.32. The topological polar surface area (TPSA) is 0 Å². The lowest BCUT2D eigenvalue weighted by atomic mass is 10.2. The van der Waals surface area contributed by atoms with Crippen molar-refractivity contribution in [2.75, 3.05) is 0 Å². The second kappa shape index (κ2) is 4.56. The molecule has 0 unspecified atom stereocenters. The van der Waals surface area contributed by atoms with Gasteiger partial charge in [-0.3, -0.25) is 0 Å². The molecule has 0 aromatic heterocycles. The quantitative estimate of drug-likeness (QED) is 0.521. The average Bonchev–Trinajstić information content (AvgIpc) is 2.08. The van der Waals surface area contributed by atoms with Gasteiger partial charge in [-0.25, -0.2) is 4.39 Å². The fourth-order valence-corrected chi connectivity index (χ4v) is 3.86. The van der Waals surface area contributed by atoms with Crippen LogP contribution in [0.2, 0.25) is 19.1 Å². The molecule has 0 spiro atoms. The lowest BCUT2D eigenvalue weighted by Crippen LogP contribution is -2.28. The Kier molecular flexibility index (Phi) is 3.64. The van der Waals surface area contributed by atoms with E-state index in [1.54, 1.807) is 6.07 Å². The first-order valence-corrected chi connectivity index (χ1v) is 8.31. The van der Waals surface area contributed by atoms with Crippen molar-refractivity contribution in [3.63, 3.8) is 0 Å². The molecule has 0 saturated heterocycles. The van der Waals surface area contributed by atoms with Crippen molar-refractivity contribution in [3.8, 4) is 0 Å². The van der Waals surface area contributed by atoms with Gasteiger partial charge >= 0.3 is 0 Å². The lowest BCUT2D eigenvalue weighted by molar-refractivity contribution is 0.616. The summed E-state index contributed by atoms with van der Waals surface area (Å²) < 4.78 is 13.4. The van der Waals surface area contributed by atoms with Gasteiger partial charge in [0.15, 0.2) is 0 Å². The zero-order chi connectivity index (χ0) is 10.6. The highest BCUT2D eigenvalue weighted by Crippen LogP contribution is 2.18. The standard InChI is InChI=1S/C12H17FSi/c1-4-9-14(2,3)10-11-7-5-6-8-12(11)13/h4-8H,1,9-10H2,2-3H3. The average molecular weight is 208 g/mol. The number of hydrogen-bond donors (Lipinski definition) is 0. The summed E-state index contributed by atoms with van der Waals surface area (Å²) in [5, 5.41) is 0.